The Bertz CT molecular complexity index is 885. The van der Waals surface area contributed by atoms with Crippen molar-refractivity contribution < 1.29 is 13.2 Å². The normalized spacial score (nSPS) is 11.2. The van der Waals surface area contributed by atoms with Gasteiger partial charge in [0.25, 0.3) is 0 Å². The predicted octanol–water partition coefficient (Wildman–Crippen LogP) is 3.38. The molecule has 8 heteroatoms. The highest BCUT2D eigenvalue weighted by atomic mass is 35.5. The third kappa shape index (κ3) is 5.11. The van der Waals surface area contributed by atoms with Gasteiger partial charge in [-0.1, -0.05) is 47.5 Å². The molecule has 0 aliphatic carbocycles. The van der Waals surface area contributed by atoms with Crippen LogP contribution in [-0.4, -0.2) is 27.1 Å². The summed E-state index contributed by atoms with van der Waals surface area (Å²) in [5.74, 6) is -0.440. The van der Waals surface area contributed by atoms with E-state index in [9.17, 15) is 13.2 Å². The molecule has 0 aliphatic rings. The van der Waals surface area contributed by atoms with Gasteiger partial charge in [0, 0.05) is 16.6 Å². The van der Waals surface area contributed by atoms with Crippen LogP contribution in [0.1, 0.15) is 11.1 Å². The smallest absolute Gasteiger partial charge is 0.241 e. The van der Waals surface area contributed by atoms with Gasteiger partial charge in [-0.3, -0.25) is 9.10 Å². The number of carbonyl (C=O) groups is 1. The first-order valence-corrected chi connectivity index (χ1v) is 10.0. The number of nitrogens with zero attached hydrogens (tertiary/aromatic N) is 1. The van der Waals surface area contributed by atoms with E-state index in [-0.39, 0.29) is 13.1 Å². The molecule has 0 spiro atoms. The molecule has 5 nitrogen and oxygen atoms in total. The van der Waals surface area contributed by atoms with Crippen molar-refractivity contribution in [1.29, 1.82) is 0 Å². The number of nitrogens with one attached hydrogen (secondary N) is 1. The number of halogens is 2. The maximum atomic E-state index is 12.3. The number of sulfonamides is 1. The Morgan fingerprint density at radius 2 is 1.72 bits per heavy atom. The summed E-state index contributed by atoms with van der Waals surface area (Å²) in [5, 5.41) is 3.65. The minimum Gasteiger partial charge on any atom is -0.350 e. The molecule has 2 aromatic rings. The van der Waals surface area contributed by atoms with E-state index < -0.39 is 15.9 Å². The van der Waals surface area contributed by atoms with Crippen molar-refractivity contribution in [2.75, 3.05) is 17.1 Å². The average Bonchev–Trinajstić information content (AvgIpc) is 2.54. The zero-order chi connectivity index (χ0) is 18.6. The van der Waals surface area contributed by atoms with Crippen molar-refractivity contribution in [3.63, 3.8) is 0 Å². The van der Waals surface area contributed by atoms with Gasteiger partial charge in [0.2, 0.25) is 15.9 Å². The zero-order valence-electron chi connectivity index (χ0n) is 13.8. The highest BCUT2D eigenvalue weighted by Crippen LogP contribution is 2.28. The Kier molecular flexibility index (Phi) is 6.32. The summed E-state index contributed by atoms with van der Waals surface area (Å²) in [5.41, 5.74) is 1.72. The number of hydrogen-bond acceptors (Lipinski definition) is 3. The molecular formula is C17H18Cl2N2O3S. The first-order chi connectivity index (χ1) is 11.7. The van der Waals surface area contributed by atoms with Crippen LogP contribution in [0, 0.1) is 6.92 Å². The molecule has 1 amide bonds. The van der Waals surface area contributed by atoms with Gasteiger partial charge in [-0.15, -0.1) is 0 Å². The van der Waals surface area contributed by atoms with E-state index in [4.69, 9.17) is 23.2 Å². The summed E-state index contributed by atoms with van der Waals surface area (Å²) < 4.78 is 25.3. The molecule has 0 fully saturated rings. The summed E-state index contributed by atoms with van der Waals surface area (Å²) in [6.45, 7) is 1.58. The van der Waals surface area contributed by atoms with Crippen LogP contribution in [0.5, 0.6) is 0 Å². The fourth-order valence-corrected chi connectivity index (χ4v) is 3.55. The first-order valence-electron chi connectivity index (χ1n) is 7.43. The van der Waals surface area contributed by atoms with Crippen molar-refractivity contribution >= 4 is 44.8 Å². The van der Waals surface area contributed by atoms with Crippen LogP contribution in [0.2, 0.25) is 10.0 Å². The molecule has 0 heterocycles. The monoisotopic (exact) mass is 400 g/mol. The van der Waals surface area contributed by atoms with Crippen LogP contribution in [-0.2, 0) is 21.4 Å². The lowest BCUT2D eigenvalue weighted by atomic mass is 10.2. The van der Waals surface area contributed by atoms with Crippen molar-refractivity contribution in [3.05, 3.63) is 63.6 Å². The molecule has 2 rings (SSSR count). The quantitative estimate of drug-likeness (QED) is 0.807. The van der Waals surface area contributed by atoms with Crippen molar-refractivity contribution in [2.24, 2.45) is 0 Å². The van der Waals surface area contributed by atoms with Crippen LogP contribution < -0.4 is 9.62 Å². The summed E-state index contributed by atoms with van der Waals surface area (Å²) in [7, 11) is -3.66. The van der Waals surface area contributed by atoms with E-state index in [0.717, 1.165) is 16.1 Å². The SMILES string of the molecule is Cc1c(Cl)cccc1N(CC(=O)NCc1ccccc1Cl)S(C)(=O)=O. The van der Waals surface area contributed by atoms with Crippen LogP contribution >= 0.6 is 23.2 Å². The lowest BCUT2D eigenvalue weighted by Crippen LogP contribution is -2.40. The Morgan fingerprint density at radius 3 is 2.36 bits per heavy atom. The summed E-state index contributed by atoms with van der Waals surface area (Å²) in [4.78, 5) is 12.3. The second-order valence-corrected chi connectivity index (χ2v) is 8.24. The predicted molar refractivity (Wildman–Crippen MR) is 102 cm³/mol. The molecule has 0 unspecified atom stereocenters. The van der Waals surface area contributed by atoms with Crippen LogP contribution in [0.3, 0.4) is 0 Å². The van der Waals surface area contributed by atoms with Crippen molar-refractivity contribution in [2.45, 2.75) is 13.5 Å². The van der Waals surface area contributed by atoms with Gasteiger partial charge in [0.15, 0.2) is 0 Å². The van der Waals surface area contributed by atoms with Gasteiger partial charge >= 0.3 is 0 Å². The van der Waals surface area contributed by atoms with E-state index in [1.54, 1.807) is 43.3 Å². The standard InChI is InChI=1S/C17H18Cl2N2O3S/c1-12-14(18)8-5-9-16(12)21(25(2,23)24)11-17(22)20-10-13-6-3-4-7-15(13)19/h3-9H,10-11H2,1-2H3,(H,20,22). The molecular weight excluding hydrogens is 383 g/mol. The van der Waals surface area contributed by atoms with Crippen LogP contribution in [0.4, 0.5) is 5.69 Å². The highest BCUT2D eigenvalue weighted by molar-refractivity contribution is 7.92. The van der Waals surface area contributed by atoms with Gasteiger partial charge < -0.3 is 5.32 Å². The molecule has 0 aliphatic heterocycles. The molecule has 0 saturated heterocycles. The van der Waals surface area contributed by atoms with Gasteiger partial charge in [0.05, 0.1) is 11.9 Å². The Labute approximate surface area is 157 Å². The molecule has 1 N–H and O–H groups in total. The Morgan fingerprint density at radius 1 is 1.08 bits per heavy atom. The van der Waals surface area contributed by atoms with E-state index in [1.807, 2.05) is 6.07 Å². The fraction of sp³-hybridized carbons (Fsp3) is 0.235. The lowest BCUT2D eigenvalue weighted by Gasteiger charge is -2.24. The van der Waals surface area contributed by atoms with Gasteiger partial charge in [-0.25, -0.2) is 8.42 Å². The minimum absolute atomic E-state index is 0.213. The molecule has 0 radical (unpaired) electrons. The molecule has 2 aromatic carbocycles. The minimum atomic E-state index is -3.66. The van der Waals surface area contributed by atoms with E-state index in [0.29, 0.717) is 21.3 Å². The molecule has 134 valence electrons. The van der Waals surface area contributed by atoms with Crippen molar-refractivity contribution in [3.8, 4) is 0 Å². The number of amides is 1. The van der Waals surface area contributed by atoms with Gasteiger partial charge in [-0.05, 0) is 36.2 Å². The first kappa shape index (κ1) is 19.6. The van der Waals surface area contributed by atoms with Crippen LogP contribution in [0.25, 0.3) is 0 Å². The number of anilines is 1. The maximum Gasteiger partial charge on any atom is 0.241 e. The number of benzene rings is 2. The molecule has 25 heavy (non-hydrogen) atoms. The lowest BCUT2D eigenvalue weighted by molar-refractivity contribution is -0.119. The topological polar surface area (TPSA) is 66.5 Å². The number of carbonyl (C=O) groups excluding carboxylic acids is 1. The molecule has 0 aromatic heterocycles. The third-order valence-corrected chi connectivity index (χ3v) is 5.53. The highest BCUT2D eigenvalue weighted by Gasteiger charge is 2.23. The molecule has 0 bridgehead atoms. The van der Waals surface area contributed by atoms with Gasteiger partial charge in [0.1, 0.15) is 6.54 Å². The number of hydrogen-bond donors (Lipinski definition) is 1. The second kappa shape index (κ2) is 8.08. The zero-order valence-corrected chi connectivity index (χ0v) is 16.1. The van der Waals surface area contributed by atoms with Crippen molar-refractivity contribution in [1.82, 2.24) is 5.32 Å². The van der Waals surface area contributed by atoms with E-state index in [2.05, 4.69) is 5.32 Å². The summed E-state index contributed by atoms with van der Waals surface area (Å²) in [6.07, 6.45) is 1.05. The summed E-state index contributed by atoms with van der Waals surface area (Å²) >= 11 is 12.1. The van der Waals surface area contributed by atoms with E-state index in [1.165, 1.54) is 0 Å². The molecule has 0 atom stereocenters. The summed E-state index contributed by atoms with van der Waals surface area (Å²) in [6, 6.07) is 12.0. The average molecular weight is 401 g/mol. The second-order valence-electron chi connectivity index (χ2n) is 5.52. The largest absolute Gasteiger partial charge is 0.350 e. The maximum absolute atomic E-state index is 12.3. The van der Waals surface area contributed by atoms with Crippen LogP contribution in [0.15, 0.2) is 42.5 Å². The Balaban J connectivity index is 2.17. The fourth-order valence-electron chi connectivity index (χ4n) is 2.27. The Hall–Kier alpha value is -1.76. The molecule has 0 saturated carbocycles. The van der Waals surface area contributed by atoms with Gasteiger partial charge in [-0.2, -0.15) is 0 Å². The third-order valence-electron chi connectivity index (χ3n) is 3.63. The van der Waals surface area contributed by atoms with E-state index >= 15 is 0 Å². The number of rotatable bonds is 6.